The molecule has 0 atom stereocenters. The van der Waals surface area contributed by atoms with E-state index in [-0.39, 0.29) is 0 Å². The molecule has 2 aromatic rings. The summed E-state index contributed by atoms with van der Waals surface area (Å²) >= 11 is 0. The first kappa shape index (κ1) is 14.7. The number of para-hydroxylation sites is 1. The van der Waals surface area contributed by atoms with Gasteiger partial charge in [0.25, 0.3) is 0 Å². The van der Waals surface area contributed by atoms with E-state index in [4.69, 9.17) is 0 Å². The van der Waals surface area contributed by atoms with Gasteiger partial charge in [0.1, 0.15) is 0 Å². The van der Waals surface area contributed by atoms with E-state index in [9.17, 15) is 0 Å². The van der Waals surface area contributed by atoms with E-state index in [1.54, 1.807) is 4.80 Å². The summed E-state index contributed by atoms with van der Waals surface area (Å²) in [6.45, 7) is 9.38. The van der Waals surface area contributed by atoms with Gasteiger partial charge in [0.05, 0.1) is 17.6 Å². The van der Waals surface area contributed by atoms with Gasteiger partial charge in [-0.1, -0.05) is 32.0 Å². The maximum Gasteiger partial charge on any atom is 0.0969 e. The molecule has 2 rings (SSSR count). The first-order valence-corrected chi connectivity index (χ1v) is 7.23. The fraction of sp³-hybridized carbons (Fsp3) is 0.467. The Kier molecular flexibility index (Phi) is 5.70. The molecule has 1 aromatic carbocycles. The molecule has 0 aliphatic heterocycles. The maximum atomic E-state index is 4.47. The van der Waals surface area contributed by atoms with Gasteiger partial charge in [0.15, 0.2) is 0 Å². The summed E-state index contributed by atoms with van der Waals surface area (Å²) in [7, 11) is 0. The van der Waals surface area contributed by atoms with Crippen molar-refractivity contribution in [1.29, 1.82) is 0 Å². The van der Waals surface area contributed by atoms with Crippen molar-refractivity contribution in [3.05, 3.63) is 42.2 Å². The highest BCUT2D eigenvalue weighted by atomic mass is 15.5. The summed E-state index contributed by atoms with van der Waals surface area (Å²) < 4.78 is 0. The van der Waals surface area contributed by atoms with Gasteiger partial charge in [-0.25, -0.2) is 0 Å². The summed E-state index contributed by atoms with van der Waals surface area (Å²) in [4.78, 5) is 4.06. The Bertz CT molecular complexity index is 490. The van der Waals surface area contributed by atoms with Crippen molar-refractivity contribution in [3.63, 3.8) is 0 Å². The van der Waals surface area contributed by atoms with Crippen molar-refractivity contribution in [2.24, 2.45) is 0 Å². The van der Waals surface area contributed by atoms with Crippen LogP contribution in [0, 0.1) is 0 Å². The Morgan fingerprint density at radius 1 is 1.15 bits per heavy atom. The summed E-state index contributed by atoms with van der Waals surface area (Å²) in [6, 6.07) is 9.96. The zero-order valence-corrected chi connectivity index (χ0v) is 12.3. The Labute approximate surface area is 120 Å². The van der Waals surface area contributed by atoms with Gasteiger partial charge in [-0.3, -0.25) is 0 Å². The molecule has 0 amide bonds. The van der Waals surface area contributed by atoms with Crippen LogP contribution in [-0.4, -0.2) is 46.1 Å². The van der Waals surface area contributed by atoms with Crippen LogP contribution in [0.3, 0.4) is 0 Å². The van der Waals surface area contributed by atoms with Crippen LogP contribution < -0.4 is 5.32 Å². The van der Waals surface area contributed by atoms with E-state index in [0.29, 0.717) is 0 Å². The molecule has 0 aliphatic carbocycles. The molecule has 0 spiro atoms. The topological polar surface area (TPSA) is 46.0 Å². The van der Waals surface area contributed by atoms with Gasteiger partial charge in [-0.2, -0.15) is 15.0 Å². The van der Waals surface area contributed by atoms with Crippen LogP contribution in [-0.2, 0) is 6.54 Å². The Morgan fingerprint density at radius 3 is 2.60 bits per heavy atom. The van der Waals surface area contributed by atoms with Crippen LogP contribution in [0.25, 0.3) is 5.69 Å². The van der Waals surface area contributed by atoms with Crippen molar-refractivity contribution in [2.75, 3.05) is 26.2 Å². The summed E-state index contributed by atoms with van der Waals surface area (Å²) in [5.74, 6) is 0. The molecule has 1 aromatic heterocycles. The van der Waals surface area contributed by atoms with Gasteiger partial charge in [-0.05, 0) is 25.2 Å². The second-order valence-corrected chi connectivity index (χ2v) is 4.66. The molecule has 20 heavy (non-hydrogen) atoms. The van der Waals surface area contributed by atoms with Crippen molar-refractivity contribution in [1.82, 2.24) is 25.2 Å². The number of likely N-dealkylation sites (N-methyl/N-ethyl adjacent to an activating group) is 1. The number of nitrogens with one attached hydrogen (secondary N) is 1. The maximum absolute atomic E-state index is 4.47. The van der Waals surface area contributed by atoms with Crippen LogP contribution in [0.15, 0.2) is 36.5 Å². The van der Waals surface area contributed by atoms with E-state index in [1.165, 1.54) is 0 Å². The van der Waals surface area contributed by atoms with E-state index in [2.05, 4.69) is 34.3 Å². The lowest BCUT2D eigenvalue weighted by Gasteiger charge is -2.17. The lowest BCUT2D eigenvalue weighted by molar-refractivity contribution is 0.302. The number of hydrogen-bond donors (Lipinski definition) is 1. The quantitative estimate of drug-likeness (QED) is 0.744. The SMILES string of the molecule is CCN(CC)CCNCc1cnn(-c2ccccc2)n1. The number of hydrogen-bond acceptors (Lipinski definition) is 4. The zero-order chi connectivity index (χ0) is 14.2. The van der Waals surface area contributed by atoms with E-state index < -0.39 is 0 Å². The van der Waals surface area contributed by atoms with Gasteiger partial charge in [0, 0.05) is 19.6 Å². The lowest BCUT2D eigenvalue weighted by atomic mass is 10.3. The largest absolute Gasteiger partial charge is 0.310 e. The van der Waals surface area contributed by atoms with Crippen LogP contribution in [0.1, 0.15) is 19.5 Å². The Hall–Kier alpha value is -1.72. The highest BCUT2D eigenvalue weighted by Crippen LogP contribution is 2.03. The Balaban J connectivity index is 1.79. The molecule has 0 fully saturated rings. The van der Waals surface area contributed by atoms with Gasteiger partial charge >= 0.3 is 0 Å². The van der Waals surface area contributed by atoms with E-state index in [0.717, 1.165) is 44.1 Å². The van der Waals surface area contributed by atoms with E-state index >= 15 is 0 Å². The van der Waals surface area contributed by atoms with Gasteiger partial charge in [0.2, 0.25) is 0 Å². The third-order valence-corrected chi connectivity index (χ3v) is 3.33. The molecule has 1 N–H and O–H groups in total. The van der Waals surface area contributed by atoms with Crippen LogP contribution >= 0.6 is 0 Å². The van der Waals surface area contributed by atoms with Crippen LogP contribution in [0.2, 0.25) is 0 Å². The van der Waals surface area contributed by atoms with Crippen LogP contribution in [0.5, 0.6) is 0 Å². The molecular formula is C15H23N5. The number of rotatable bonds is 8. The van der Waals surface area contributed by atoms with Gasteiger partial charge < -0.3 is 10.2 Å². The molecule has 5 nitrogen and oxygen atoms in total. The highest BCUT2D eigenvalue weighted by molar-refractivity contribution is 5.28. The highest BCUT2D eigenvalue weighted by Gasteiger charge is 2.02. The summed E-state index contributed by atoms with van der Waals surface area (Å²) in [5.41, 5.74) is 1.95. The second-order valence-electron chi connectivity index (χ2n) is 4.66. The smallest absolute Gasteiger partial charge is 0.0969 e. The number of aromatic nitrogens is 3. The average Bonchev–Trinajstić information content (AvgIpc) is 2.97. The first-order valence-electron chi connectivity index (χ1n) is 7.23. The number of nitrogens with zero attached hydrogens (tertiary/aromatic N) is 4. The molecule has 0 bridgehead atoms. The molecule has 1 heterocycles. The predicted molar refractivity (Wildman–Crippen MR) is 80.9 cm³/mol. The summed E-state index contributed by atoms with van der Waals surface area (Å²) in [5, 5.41) is 12.2. The third kappa shape index (κ3) is 4.15. The normalized spacial score (nSPS) is 11.2. The fourth-order valence-electron chi connectivity index (χ4n) is 2.05. The minimum Gasteiger partial charge on any atom is -0.310 e. The molecular weight excluding hydrogens is 250 g/mol. The predicted octanol–water partition coefficient (Wildman–Crippen LogP) is 1.70. The van der Waals surface area contributed by atoms with Crippen molar-refractivity contribution in [2.45, 2.75) is 20.4 Å². The molecule has 0 saturated heterocycles. The molecule has 108 valence electrons. The number of benzene rings is 1. The monoisotopic (exact) mass is 273 g/mol. The van der Waals surface area contributed by atoms with Crippen molar-refractivity contribution in [3.8, 4) is 5.69 Å². The Morgan fingerprint density at radius 2 is 1.90 bits per heavy atom. The fourth-order valence-corrected chi connectivity index (χ4v) is 2.05. The molecule has 0 unspecified atom stereocenters. The zero-order valence-electron chi connectivity index (χ0n) is 12.3. The minimum absolute atomic E-state index is 0.758. The third-order valence-electron chi connectivity index (χ3n) is 3.33. The summed E-state index contributed by atoms with van der Waals surface area (Å²) in [6.07, 6.45) is 1.82. The first-order chi connectivity index (χ1) is 9.83. The van der Waals surface area contributed by atoms with Gasteiger partial charge in [-0.15, -0.1) is 0 Å². The minimum atomic E-state index is 0.758. The molecule has 0 aliphatic rings. The molecule has 0 radical (unpaired) electrons. The lowest BCUT2D eigenvalue weighted by Crippen LogP contribution is -2.31. The van der Waals surface area contributed by atoms with Crippen molar-refractivity contribution >= 4 is 0 Å². The average molecular weight is 273 g/mol. The standard InChI is InChI=1S/C15H23N5/c1-3-19(4-2)11-10-16-12-14-13-17-20(18-14)15-8-6-5-7-9-15/h5-9,13,16H,3-4,10-12H2,1-2H3. The van der Waals surface area contributed by atoms with Crippen LogP contribution in [0.4, 0.5) is 0 Å². The van der Waals surface area contributed by atoms with E-state index in [1.807, 2.05) is 36.5 Å². The molecule has 0 saturated carbocycles. The molecule has 5 heteroatoms. The second kappa shape index (κ2) is 7.77. The van der Waals surface area contributed by atoms with Crippen molar-refractivity contribution < 1.29 is 0 Å².